The predicted octanol–water partition coefficient (Wildman–Crippen LogP) is 0.0439. The van der Waals surface area contributed by atoms with Gasteiger partial charge in [-0.25, -0.2) is 0 Å². The van der Waals surface area contributed by atoms with Crippen LogP contribution < -0.4 is 0 Å². The Morgan fingerprint density at radius 2 is 1.88 bits per heavy atom. The van der Waals surface area contributed by atoms with E-state index in [9.17, 15) is 0 Å². The normalized spacial score (nSPS) is 16.4. The molecule has 1 fully saturated rings. The molecule has 0 aliphatic heterocycles. The Morgan fingerprint density at radius 1 is 1.50 bits per heavy atom. The maximum Gasteiger partial charge on any atom is 0.432 e. The molecule has 1 saturated carbocycles. The first-order valence-corrected chi connectivity index (χ1v) is 3.06. The number of hydrogen-bond acceptors (Lipinski definition) is 2. The van der Waals surface area contributed by atoms with E-state index in [-0.39, 0.29) is 0 Å². The Morgan fingerprint density at radius 3 is 1.88 bits per heavy atom. The highest BCUT2D eigenvalue weighted by atomic mass is 16.4. The quantitative estimate of drug-likeness (QED) is 0.475. The van der Waals surface area contributed by atoms with Gasteiger partial charge in [-0.05, 0) is 5.92 Å². The number of rotatable bonds is 1. The molecule has 0 aromatic heterocycles. The van der Waals surface area contributed by atoms with Crippen molar-refractivity contribution in [2.24, 2.45) is 5.92 Å². The molecule has 2 N–H and O–H groups in total. The van der Waals surface area contributed by atoms with Gasteiger partial charge in [0.25, 0.3) is 0 Å². The molecule has 1 aliphatic carbocycles. The molecule has 2 nitrogen and oxygen atoms in total. The zero-order valence-electron chi connectivity index (χ0n) is 5.30. The van der Waals surface area contributed by atoms with Crippen molar-refractivity contribution in [2.45, 2.75) is 26.2 Å². The molecular formula is C5H13BO2. The van der Waals surface area contributed by atoms with Crippen molar-refractivity contribution in [3.63, 3.8) is 0 Å². The topological polar surface area (TPSA) is 40.5 Å². The summed E-state index contributed by atoms with van der Waals surface area (Å²) in [5, 5.41) is 14.2. The van der Waals surface area contributed by atoms with Gasteiger partial charge in [0, 0.05) is 0 Å². The fraction of sp³-hybridized carbons (Fsp3) is 1.00. The van der Waals surface area contributed by atoms with E-state index >= 15 is 0 Å². The molecule has 48 valence electrons. The van der Waals surface area contributed by atoms with Gasteiger partial charge in [0.15, 0.2) is 0 Å². The van der Waals surface area contributed by atoms with Crippen molar-refractivity contribution >= 4 is 7.69 Å². The Hall–Kier alpha value is -0.0151. The molecule has 8 heavy (non-hydrogen) atoms. The van der Waals surface area contributed by atoms with Crippen molar-refractivity contribution in [1.29, 1.82) is 0 Å². The lowest BCUT2D eigenvalue weighted by Gasteiger charge is -1.72. The van der Waals surface area contributed by atoms with Gasteiger partial charge in [-0.1, -0.05) is 26.2 Å². The average Bonchev–Trinajstić information content (AvgIpc) is 2.48. The molecule has 0 unspecified atom stereocenters. The van der Waals surface area contributed by atoms with Crippen LogP contribution in [0, 0.1) is 5.92 Å². The average molecular weight is 116 g/mol. The first kappa shape index (κ1) is 7.98. The van der Waals surface area contributed by atoms with Gasteiger partial charge in [0.1, 0.15) is 0 Å². The minimum atomic E-state index is -0.750. The lowest BCUT2D eigenvalue weighted by molar-refractivity contribution is 0.448. The van der Waals surface area contributed by atoms with Crippen molar-refractivity contribution < 1.29 is 10.0 Å². The van der Waals surface area contributed by atoms with Crippen LogP contribution >= 0.6 is 0 Å². The van der Waals surface area contributed by atoms with Crippen LogP contribution in [0.5, 0.6) is 0 Å². The summed E-state index contributed by atoms with van der Waals surface area (Å²) in [5.74, 6) is 1.13. The van der Waals surface area contributed by atoms with Gasteiger partial charge in [-0.2, -0.15) is 0 Å². The molecule has 0 aromatic carbocycles. The van der Waals surface area contributed by atoms with Crippen LogP contribution in [0.25, 0.3) is 0 Å². The third-order valence-corrected chi connectivity index (χ3v) is 1.27. The Labute approximate surface area is 50.8 Å². The second kappa shape index (κ2) is 5.13. The Balaban J connectivity index is 0.000000145. The highest BCUT2D eigenvalue weighted by Gasteiger charge is 2.17. The highest BCUT2D eigenvalue weighted by molar-refractivity contribution is 6.13. The molecule has 0 saturated heterocycles. The molecule has 0 aromatic rings. The van der Waals surface area contributed by atoms with Gasteiger partial charge < -0.3 is 10.0 Å². The molecular weight excluding hydrogens is 103 g/mol. The predicted molar refractivity (Wildman–Crippen MR) is 34.6 cm³/mol. The van der Waals surface area contributed by atoms with Gasteiger partial charge in [0.2, 0.25) is 0 Å². The van der Waals surface area contributed by atoms with E-state index in [0.29, 0.717) is 0 Å². The summed E-state index contributed by atoms with van der Waals surface area (Å²) >= 11 is 0. The molecule has 0 atom stereocenters. The van der Waals surface area contributed by atoms with Crippen molar-refractivity contribution in [2.75, 3.05) is 0 Å². The van der Waals surface area contributed by atoms with Crippen LogP contribution in [0.4, 0.5) is 0 Å². The molecule has 0 spiro atoms. The molecule has 0 amide bonds. The monoisotopic (exact) mass is 116 g/mol. The summed E-state index contributed by atoms with van der Waals surface area (Å²) in [6, 6.07) is 0. The molecule has 3 heteroatoms. The summed E-state index contributed by atoms with van der Waals surface area (Å²) in [4.78, 5) is 0. The van der Waals surface area contributed by atoms with Gasteiger partial charge >= 0.3 is 7.69 Å². The van der Waals surface area contributed by atoms with Crippen LogP contribution in [-0.2, 0) is 0 Å². The third-order valence-electron chi connectivity index (χ3n) is 1.27. The summed E-state index contributed by atoms with van der Waals surface area (Å²) in [7, 11) is -0.750. The maximum atomic E-state index is 7.12. The molecule has 0 heterocycles. The summed E-state index contributed by atoms with van der Waals surface area (Å²) in [5.41, 5.74) is 0. The second-order valence-corrected chi connectivity index (χ2v) is 1.99. The summed E-state index contributed by atoms with van der Waals surface area (Å²) < 4.78 is 0. The molecule has 0 bridgehead atoms. The van der Waals surface area contributed by atoms with E-state index in [1.54, 1.807) is 0 Å². The van der Waals surface area contributed by atoms with Gasteiger partial charge in [-0.3, -0.25) is 0 Å². The Kier molecular flexibility index (Phi) is 5.12. The van der Waals surface area contributed by atoms with E-state index in [1.165, 1.54) is 19.3 Å². The van der Waals surface area contributed by atoms with Crippen molar-refractivity contribution in [3.8, 4) is 0 Å². The summed E-state index contributed by atoms with van der Waals surface area (Å²) in [6.45, 7) is 2.26. The van der Waals surface area contributed by atoms with Gasteiger partial charge in [-0.15, -0.1) is 0 Å². The SMILES string of the molecule is CCC1CC1.OBO. The number of hydrogen-bond donors (Lipinski definition) is 2. The van der Waals surface area contributed by atoms with Crippen molar-refractivity contribution in [3.05, 3.63) is 0 Å². The minimum Gasteiger partial charge on any atom is -0.430 e. The molecule has 1 rings (SSSR count). The Bertz CT molecular complexity index is 45.7. The smallest absolute Gasteiger partial charge is 0.430 e. The highest BCUT2D eigenvalue weighted by Crippen LogP contribution is 2.31. The lowest BCUT2D eigenvalue weighted by atomic mass is 10.3. The zero-order chi connectivity index (χ0) is 6.41. The van der Waals surface area contributed by atoms with E-state index in [1.807, 2.05) is 0 Å². The standard InChI is InChI=1S/C5H10.BH3O2/c1-2-5-3-4-5;2-1-3/h5H,2-4H2,1H3;1-3H. The third kappa shape index (κ3) is 5.98. The van der Waals surface area contributed by atoms with Crippen LogP contribution in [0.15, 0.2) is 0 Å². The largest absolute Gasteiger partial charge is 0.432 e. The van der Waals surface area contributed by atoms with E-state index in [0.717, 1.165) is 5.92 Å². The zero-order valence-corrected chi connectivity index (χ0v) is 5.30. The van der Waals surface area contributed by atoms with Gasteiger partial charge in [0.05, 0.1) is 0 Å². The fourth-order valence-corrected chi connectivity index (χ4v) is 0.526. The van der Waals surface area contributed by atoms with E-state index < -0.39 is 7.69 Å². The maximum absolute atomic E-state index is 7.12. The lowest BCUT2D eigenvalue weighted by Crippen LogP contribution is -1.75. The van der Waals surface area contributed by atoms with Crippen LogP contribution in [0.2, 0.25) is 0 Å². The molecule has 1 aliphatic rings. The fourth-order valence-electron chi connectivity index (χ4n) is 0.526. The van der Waals surface area contributed by atoms with Crippen LogP contribution in [0.3, 0.4) is 0 Å². The first-order chi connectivity index (χ1) is 3.85. The minimum absolute atomic E-state index is 0.750. The van der Waals surface area contributed by atoms with Crippen molar-refractivity contribution in [1.82, 2.24) is 0 Å². The van der Waals surface area contributed by atoms with E-state index in [2.05, 4.69) is 6.92 Å². The molecule has 0 radical (unpaired) electrons. The van der Waals surface area contributed by atoms with Crippen LogP contribution in [-0.4, -0.2) is 17.7 Å². The van der Waals surface area contributed by atoms with Crippen LogP contribution in [0.1, 0.15) is 26.2 Å². The first-order valence-electron chi connectivity index (χ1n) is 3.06. The second-order valence-electron chi connectivity index (χ2n) is 1.99. The van der Waals surface area contributed by atoms with E-state index in [4.69, 9.17) is 10.0 Å². The summed E-state index contributed by atoms with van der Waals surface area (Å²) in [6.07, 6.45) is 4.44.